The Morgan fingerprint density at radius 1 is 0.656 bits per heavy atom. The van der Waals surface area contributed by atoms with Gasteiger partial charge in [-0.1, -0.05) is 51.2 Å². The SMILES string of the molecule is CCCCCCCCOCCOCCOCCOCCOC(=O)c1ccccc1C(=O)O. The molecule has 0 heterocycles. The third-order valence-electron chi connectivity index (χ3n) is 4.60. The van der Waals surface area contributed by atoms with Crippen LogP contribution in [0.5, 0.6) is 0 Å². The van der Waals surface area contributed by atoms with Crippen LogP contribution in [-0.4, -0.2) is 76.5 Å². The van der Waals surface area contributed by atoms with E-state index in [0.717, 1.165) is 13.0 Å². The number of aromatic carboxylic acids is 1. The molecule has 0 aliphatic carbocycles. The van der Waals surface area contributed by atoms with Gasteiger partial charge in [-0.2, -0.15) is 0 Å². The van der Waals surface area contributed by atoms with Crippen LogP contribution in [0.2, 0.25) is 0 Å². The number of carboxylic acid groups (broad SMARTS) is 1. The number of unbranched alkanes of at least 4 members (excludes halogenated alkanes) is 5. The third-order valence-corrected chi connectivity index (χ3v) is 4.60. The summed E-state index contributed by atoms with van der Waals surface area (Å²) in [7, 11) is 0. The molecule has 0 unspecified atom stereocenters. The molecule has 0 aliphatic rings. The van der Waals surface area contributed by atoms with Crippen molar-refractivity contribution < 1.29 is 38.4 Å². The average molecular weight is 455 g/mol. The molecule has 1 aromatic carbocycles. The summed E-state index contributed by atoms with van der Waals surface area (Å²) in [5.41, 5.74) is -0.0606. The van der Waals surface area contributed by atoms with Gasteiger partial charge in [-0.25, -0.2) is 9.59 Å². The fourth-order valence-electron chi connectivity index (χ4n) is 2.86. The van der Waals surface area contributed by atoms with Crippen LogP contribution in [0.25, 0.3) is 0 Å². The molecular weight excluding hydrogens is 416 g/mol. The lowest BCUT2D eigenvalue weighted by Crippen LogP contribution is -2.16. The van der Waals surface area contributed by atoms with Crippen LogP contribution in [0.1, 0.15) is 66.2 Å². The fraction of sp³-hybridized carbons (Fsp3) is 0.667. The molecule has 0 amide bonds. The first kappa shape index (κ1) is 28.0. The number of esters is 1. The summed E-state index contributed by atoms with van der Waals surface area (Å²) < 4.78 is 26.8. The molecule has 0 radical (unpaired) electrons. The molecule has 0 saturated heterocycles. The van der Waals surface area contributed by atoms with Gasteiger partial charge < -0.3 is 28.8 Å². The molecule has 0 fully saturated rings. The van der Waals surface area contributed by atoms with Crippen molar-refractivity contribution in [2.45, 2.75) is 45.4 Å². The summed E-state index contributed by atoms with van der Waals surface area (Å²) in [6.45, 7) is 6.18. The number of ether oxygens (including phenoxy) is 5. The predicted molar refractivity (Wildman–Crippen MR) is 120 cm³/mol. The summed E-state index contributed by atoms with van der Waals surface area (Å²) >= 11 is 0. The molecule has 32 heavy (non-hydrogen) atoms. The van der Waals surface area contributed by atoms with Crippen LogP contribution in [0, 0.1) is 0 Å². The first-order valence-corrected chi connectivity index (χ1v) is 11.5. The maximum absolute atomic E-state index is 12.0. The zero-order valence-corrected chi connectivity index (χ0v) is 19.2. The Morgan fingerprint density at radius 2 is 1.12 bits per heavy atom. The zero-order chi connectivity index (χ0) is 23.3. The Morgan fingerprint density at radius 3 is 1.69 bits per heavy atom. The number of rotatable bonds is 21. The standard InChI is InChI=1S/C24H38O8/c1-2-3-4-5-6-9-12-28-13-14-29-15-16-30-17-18-31-19-20-32-24(27)22-11-8-7-10-21(22)23(25)26/h7-8,10-11H,2-6,9,12-20H2,1H3,(H,25,26). The molecule has 1 rings (SSSR count). The van der Waals surface area contributed by atoms with Gasteiger partial charge in [0.05, 0.1) is 57.4 Å². The third kappa shape index (κ3) is 14.1. The van der Waals surface area contributed by atoms with Crippen molar-refractivity contribution in [2.24, 2.45) is 0 Å². The van der Waals surface area contributed by atoms with Crippen LogP contribution in [-0.2, 0) is 23.7 Å². The smallest absolute Gasteiger partial charge is 0.339 e. The Labute approximate surface area is 191 Å². The van der Waals surface area contributed by atoms with Crippen molar-refractivity contribution in [1.29, 1.82) is 0 Å². The van der Waals surface area contributed by atoms with E-state index in [4.69, 9.17) is 28.8 Å². The number of carbonyl (C=O) groups excluding carboxylic acids is 1. The Hall–Kier alpha value is -2.00. The van der Waals surface area contributed by atoms with Crippen molar-refractivity contribution in [3.63, 3.8) is 0 Å². The van der Waals surface area contributed by atoms with E-state index in [0.29, 0.717) is 39.6 Å². The van der Waals surface area contributed by atoms with Crippen molar-refractivity contribution in [2.75, 3.05) is 59.5 Å². The fourth-order valence-corrected chi connectivity index (χ4v) is 2.86. The van der Waals surface area contributed by atoms with Gasteiger partial charge >= 0.3 is 11.9 Å². The minimum Gasteiger partial charge on any atom is -0.478 e. The van der Waals surface area contributed by atoms with Gasteiger partial charge in [0, 0.05) is 6.61 Å². The number of benzene rings is 1. The lowest BCUT2D eigenvalue weighted by Gasteiger charge is -2.09. The first-order chi connectivity index (χ1) is 15.7. The molecule has 8 nitrogen and oxygen atoms in total. The highest BCUT2D eigenvalue weighted by atomic mass is 16.6. The van der Waals surface area contributed by atoms with E-state index >= 15 is 0 Å². The van der Waals surface area contributed by atoms with E-state index in [1.807, 2.05) is 0 Å². The van der Waals surface area contributed by atoms with Gasteiger partial charge in [0.1, 0.15) is 6.61 Å². The molecule has 0 aliphatic heterocycles. The van der Waals surface area contributed by atoms with Crippen molar-refractivity contribution in [3.8, 4) is 0 Å². The quantitative estimate of drug-likeness (QED) is 0.220. The van der Waals surface area contributed by atoms with Gasteiger partial charge in [0.15, 0.2) is 0 Å². The first-order valence-electron chi connectivity index (χ1n) is 11.5. The van der Waals surface area contributed by atoms with Crippen LogP contribution in [0.15, 0.2) is 24.3 Å². The normalized spacial score (nSPS) is 10.9. The highest BCUT2D eigenvalue weighted by Crippen LogP contribution is 2.10. The van der Waals surface area contributed by atoms with Gasteiger partial charge in [0.2, 0.25) is 0 Å². The van der Waals surface area contributed by atoms with E-state index in [1.165, 1.54) is 44.2 Å². The Kier molecular flexibility index (Phi) is 17.2. The second-order valence-corrected chi connectivity index (χ2v) is 7.20. The van der Waals surface area contributed by atoms with Crippen LogP contribution >= 0.6 is 0 Å². The summed E-state index contributed by atoms with van der Waals surface area (Å²) in [5.74, 6) is -1.86. The van der Waals surface area contributed by atoms with Gasteiger partial charge in [-0.05, 0) is 18.6 Å². The molecule has 0 bridgehead atoms. The van der Waals surface area contributed by atoms with Gasteiger partial charge in [-0.3, -0.25) is 0 Å². The molecule has 1 N–H and O–H groups in total. The summed E-state index contributed by atoms with van der Waals surface area (Å²) in [6, 6.07) is 5.92. The van der Waals surface area contributed by atoms with Crippen LogP contribution < -0.4 is 0 Å². The molecule has 0 saturated carbocycles. The highest BCUT2D eigenvalue weighted by Gasteiger charge is 2.16. The highest BCUT2D eigenvalue weighted by molar-refractivity contribution is 6.02. The van der Waals surface area contributed by atoms with E-state index in [-0.39, 0.29) is 24.3 Å². The molecule has 0 spiro atoms. The molecule has 182 valence electrons. The monoisotopic (exact) mass is 454 g/mol. The molecule has 0 aromatic heterocycles. The van der Waals surface area contributed by atoms with Gasteiger partial charge in [-0.15, -0.1) is 0 Å². The lowest BCUT2D eigenvalue weighted by atomic mass is 10.1. The second-order valence-electron chi connectivity index (χ2n) is 7.20. The zero-order valence-electron chi connectivity index (χ0n) is 19.2. The molecular formula is C24H38O8. The average Bonchev–Trinajstić information content (AvgIpc) is 2.80. The minimum absolute atomic E-state index is 0.0242. The number of hydrogen-bond acceptors (Lipinski definition) is 7. The van der Waals surface area contributed by atoms with Crippen LogP contribution in [0.4, 0.5) is 0 Å². The number of carboxylic acids is 1. The maximum atomic E-state index is 12.0. The molecule has 1 aromatic rings. The van der Waals surface area contributed by atoms with E-state index in [2.05, 4.69) is 6.92 Å². The van der Waals surface area contributed by atoms with E-state index < -0.39 is 11.9 Å². The molecule has 0 atom stereocenters. The largest absolute Gasteiger partial charge is 0.478 e. The predicted octanol–water partition coefficient (Wildman–Crippen LogP) is 3.97. The van der Waals surface area contributed by atoms with Crippen molar-refractivity contribution >= 4 is 11.9 Å². The number of hydrogen-bond donors (Lipinski definition) is 1. The number of carbonyl (C=O) groups is 2. The second kappa shape index (κ2) is 19.7. The summed E-state index contributed by atoms with van der Waals surface area (Å²) in [6.07, 6.45) is 7.56. The lowest BCUT2D eigenvalue weighted by molar-refractivity contribution is -0.00917. The van der Waals surface area contributed by atoms with E-state index in [9.17, 15) is 9.59 Å². The topological polar surface area (TPSA) is 101 Å². The Bertz CT molecular complexity index is 620. The summed E-state index contributed by atoms with van der Waals surface area (Å²) in [4.78, 5) is 23.1. The summed E-state index contributed by atoms with van der Waals surface area (Å²) in [5, 5.41) is 9.09. The Balaban J connectivity index is 1.85. The molecule has 8 heteroatoms. The van der Waals surface area contributed by atoms with Crippen LogP contribution in [0.3, 0.4) is 0 Å². The van der Waals surface area contributed by atoms with Gasteiger partial charge in [0.25, 0.3) is 0 Å². The van der Waals surface area contributed by atoms with Crippen molar-refractivity contribution in [1.82, 2.24) is 0 Å². The maximum Gasteiger partial charge on any atom is 0.339 e. The van der Waals surface area contributed by atoms with Crippen molar-refractivity contribution in [3.05, 3.63) is 35.4 Å². The minimum atomic E-state index is -1.17. The van der Waals surface area contributed by atoms with E-state index in [1.54, 1.807) is 12.1 Å².